The molecule has 1 N–H and O–H groups in total. The molecule has 2 aromatic rings. The van der Waals surface area contributed by atoms with Crippen LogP contribution >= 0.6 is 0 Å². The highest BCUT2D eigenvalue weighted by molar-refractivity contribution is 5.93. The highest BCUT2D eigenvalue weighted by Crippen LogP contribution is 2.04. The van der Waals surface area contributed by atoms with Gasteiger partial charge in [-0.05, 0) is 58.0 Å². The summed E-state index contributed by atoms with van der Waals surface area (Å²) >= 11 is 0. The summed E-state index contributed by atoms with van der Waals surface area (Å²) in [5.74, 6) is -0.358. The SMILES string of the molecule is CCN(CC)CCC[C@@H](C)NC(=O)c1cnc2ccc(C)cn2c1=O. The quantitative estimate of drug-likeness (QED) is 0.797. The van der Waals surface area contributed by atoms with Gasteiger partial charge in [-0.25, -0.2) is 4.98 Å². The number of pyridine rings is 1. The lowest BCUT2D eigenvalue weighted by molar-refractivity contribution is 0.0935. The van der Waals surface area contributed by atoms with Crippen molar-refractivity contribution in [1.82, 2.24) is 19.6 Å². The molecule has 0 unspecified atom stereocenters. The van der Waals surface area contributed by atoms with E-state index >= 15 is 0 Å². The van der Waals surface area contributed by atoms with Gasteiger partial charge in [-0.2, -0.15) is 0 Å². The van der Waals surface area contributed by atoms with Gasteiger partial charge in [0.15, 0.2) is 0 Å². The van der Waals surface area contributed by atoms with Gasteiger partial charge in [-0.1, -0.05) is 19.9 Å². The molecule has 0 aromatic carbocycles. The maximum Gasteiger partial charge on any atom is 0.270 e. The Morgan fingerprint density at radius 1 is 1.32 bits per heavy atom. The lowest BCUT2D eigenvalue weighted by Gasteiger charge is -2.19. The molecular weight excluding hydrogens is 316 g/mol. The second-order valence-electron chi connectivity index (χ2n) is 6.46. The zero-order valence-corrected chi connectivity index (χ0v) is 15.6. The Morgan fingerprint density at radius 2 is 2.04 bits per heavy atom. The molecule has 0 aliphatic heterocycles. The predicted molar refractivity (Wildman–Crippen MR) is 100 cm³/mol. The molecule has 2 rings (SSSR count). The first-order chi connectivity index (χ1) is 12.0. The molecule has 0 spiro atoms. The summed E-state index contributed by atoms with van der Waals surface area (Å²) in [6.45, 7) is 11.3. The summed E-state index contributed by atoms with van der Waals surface area (Å²) in [5.41, 5.74) is 1.23. The molecule has 0 saturated carbocycles. The normalized spacial score (nSPS) is 12.5. The fraction of sp³-hybridized carbons (Fsp3) is 0.526. The number of aromatic nitrogens is 2. The molecule has 0 fully saturated rings. The van der Waals surface area contributed by atoms with E-state index in [2.05, 4.69) is 29.0 Å². The van der Waals surface area contributed by atoms with Crippen molar-refractivity contribution in [3.8, 4) is 0 Å². The van der Waals surface area contributed by atoms with E-state index in [1.165, 1.54) is 10.6 Å². The summed E-state index contributed by atoms with van der Waals surface area (Å²) in [4.78, 5) is 31.6. The van der Waals surface area contributed by atoms with Gasteiger partial charge < -0.3 is 10.2 Å². The van der Waals surface area contributed by atoms with Crippen LogP contribution in [0.4, 0.5) is 0 Å². The van der Waals surface area contributed by atoms with E-state index in [-0.39, 0.29) is 23.1 Å². The van der Waals surface area contributed by atoms with Crippen molar-refractivity contribution in [3.63, 3.8) is 0 Å². The average Bonchev–Trinajstić information content (AvgIpc) is 2.59. The molecule has 2 heterocycles. The number of hydrogen-bond acceptors (Lipinski definition) is 4. The average molecular weight is 344 g/mol. The second kappa shape index (κ2) is 8.76. The number of aryl methyl sites for hydroxylation is 1. The molecule has 1 amide bonds. The smallest absolute Gasteiger partial charge is 0.270 e. The standard InChI is InChI=1S/C19H28N4O2/c1-5-22(6-2)11-7-8-15(4)21-18(24)16-12-20-17-10-9-14(3)13-23(17)19(16)25/h9-10,12-13,15H,5-8,11H2,1-4H3,(H,21,24)/t15-/m1/s1. The lowest BCUT2D eigenvalue weighted by atomic mass is 10.1. The van der Waals surface area contributed by atoms with Crippen LogP contribution in [0.25, 0.3) is 5.65 Å². The van der Waals surface area contributed by atoms with E-state index in [4.69, 9.17) is 0 Å². The number of nitrogens with one attached hydrogen (secondary N) is 1. The van der Waals surface area contributed by atoms with Crippen molar-refractivity contribution in [3.05, 3.63) is 46.0 Å². The number of rotatable bonds is 8. The molecule has 0 radical (unpaired) electrons. The molecule has 6 heteroatoms. The monoisotopic (exact) mass is 344 g/mol. The van der Waals surface area contributed by atoms with Crippen LogP contribution in [0.2, 0.25) is 0 Å². The molecule has 0 bridgehead atoms. The van der Waals surface area contributed by atoms with Crippen molar-refractivity contribution < 1.29 is 4.79 Å². The van der Waals surface area contributed by atoms with Crippen LogP contribution in [0.3, 0.4) is 0 Å². The van der Waals surface area contributed by atoms with Gasteiger partial charge in [0.25, 0.3) is 11.5 Å². The van der Waals surface area contributed by atoms with Crippen LogP contribution in [-0.2, 0) is 0 Å². The number of amides is 1. The van der Waals surface area contributed by atoms with E-state index in [0.29, 0.717) is 5.65 Å². The minimum Gasteiger partial charge on any atom is -0.349 e. The largest absolute Gasteiger partial charge is 0.349 e. The van der Waals surface area contributed by atoms with Gasteiger partial charge in [-0.3, -0.25) is 14.0 Å². The summed E-state index contributed by atoms with van der Waals surface area (Å²) in [6.07, 6.45) is 4.96. The van der Waals surface area contributed by atoms with Crippen LogP contribution in [0.1, 0.15) is 49.5 Å². The number of carbonyl (C=O) groups excluding carboxylic acids is 1. The number of carbonyl (C=O) groups is 1. The fourth-order valence-electron chi connectivity index (χ4n) is 2.87. The number of nitrogens with zero attached hydrogens (tertiary/aromatic N) is 3. The summed E-state index contributed by atoms with van der Waals surface area (Å²) in [6, 6.07) is 3.67. The Kier molecular flexibility index (Phi) is 6.70. The molecule has 1 atom stereocenters. The maximum atomic E-state index is 12.5. The third-order valence-electron chi connectivity index (χ3n) is 4.48. The molecule has 0 aliphatic carbocycles. The zero-order valence-electron chi connectivity index (χ0n) is 15.6. The topological polar surface area (TPSA) is 66.7 Å². The lowest BCUT2D eigenvalue weighted by Crippen LogP contribution is -2.37. The van der Waals surface area contributed by atoms with Gasteiger partial charge in [0.1, 0.15) is 11.2 Å². The van der Waals surface area contributed by atoms with Crippen molar-refractivity contribution in [1.29, 1.82) is 0 Å². The number of hydrogen-bond donors (Lipinski definition) is 1. The highest BCUT2D eigenvalue weighted by Gasteiger charge is 2.15. The van der Waals surface area contributed by atoms with Crippen LogP contribution in [0, 0.1) is 6.92 Å². The van der Waals surface area contributed by atoms with Crippen molar-refractivity contribution in [2.24, 2.45) is 0 Å². The van der Waals surface area contributed by atoms with E-state index in [1.54, 1.807) is 12.3 Å². The van der Waals surface area contributed by atoms with Crippen LogP contribution in [0.15, 0.2) is 29.3 Å². The maximum absolute atomic E-state index is 12.5. The van der Waals surface area contributed by atoms with E-state index < -0.39 is 0 Å². The Balaban J connectivity index is 2.02. The second-order valence-corrected chi connectivity index (χ2v) is 6.46. The molecule has 0 aliphatic rings. The number of fused-ring (bicyclic) bond motifs is 1. The highest BCUT2D eigenvalue weighted by atomic mass is 16.2. The van der Waals surface area contributed by atoms with Gasteiger partial charge in [0, 0.05) is 18.4 Å². The molecule has 2 aromatic heterocycles. The minimum absolute atomic E-state index is 0.0145. The van der Waals surface area contributed by atoms with Crippen molar-refractivity contribution in [2.75, 3.05) is 19.6 Å². The van der Waals surface area contributed by atoms with Crippen LogP contribution in [0.5, 0.6) is 0 Å². The van der Waals surface area contributed by atoms with Gasteiger partial charge in [0.2, 0.25) is 0 Å². The van der Waals surface area contributed by atoms with E-state index in [0.717, 1.165) is 38.0 Å². The first kappa shape index (κ1) is 19.1. The van der Waals surface area contributed by atoms with Crippen molar-refractivity contribution in [2.45, 2.75) is 46.6 Å². The molecule has 6 nitrogen and oxygen atoms in total. The van der Waals surface area contributed by atoms with Gasteiger partial charge in [0.05, 0.1) is 0 Å². The Hall–Kier alpha value is -2.21. The Labute approximate surface area is 148 Å². The molecule has 0 saturated heterocycles. The molecular formula is C19H28N4O2. The van der Waals surface area contributed by atoms with E-state index in [9.17, 15) is 9.59 Å². The Morgan fingerprint density at radius 3 is 2.72 bits per heavy atom. The summed E-state index contributed by atoms with van der Waals surface area (Å²) < 4.78 is 1.43. The van der Waals surface area contributed by atoms with Crippen molar-refractivity contribution >= 4 is 11.6 Å². The zero-order chi connectivity index (χ0) is 18.4. The molecule has 25 heavy (non-hydrogen) atoms. The third kappa shape index (κ3) is 4.89. The minimum atomic E-state index is -0.358. The van der Waals surface area contributed by atoms with E-state index in [1.807, 2.05) is 19.9 Å². The first-order valence-corrected chi connectivity index (χ1v) is 8.97. The molecule has 136 valence electrons. The van der Waals surface area contributed by atoms with Crippen LogP contribution in [-0.4, -0.2) is 45.9 Å². The summed E-state index contributed by atoms with van der Waals surface area (Å²) in [5, 5.41) is 2.92. The third-order valence-corrected chi connectivity index (χ3v) is 4.48. The predicted octanol–water partition coefficient (Wildman–Crippen LogP) is 2.24. The first-order valence-electron chi connectivity index (χ1n) is 8.97. The Bertz CT molecular complexity index is 781. The fourth-order valence-corrected chi connectivity index (χ4v) is 2.87. The summed E-state index contributed by atoms with van der Waals surface area (Å²) in [7, 11) is 0. The van der Waals surface area contributed by atoms with Gasteiger partial charge in [-0.15, -0.1) is 0 Å². The van der Waals surface area contributed by atoms with Gasteiger partial charge >= 0.3 is 0 Å². The van der Waals surface area contributed by atoms with Crippen LogP contribution < -0.4 is 10.9 Å².